The fourth-order valence-electron chi connectivity index (χ4n) is 2.28. The van der Waals surface area contributed by atoms with Crippen LogP contribution in [0.15, 0.2) is 24.3 Å². The van der Waals surface area contributed by atoms with Crippen molar-refractivity contribution in [2.45, 2.75) is 19.3 Å². The normalized spacial score (nSPS) is 17.1. The molecule has 21 heavy (non-hydrogen) atoms. The van der Waals surface area contributed by atoms with E-state index in [0.29, 0.717) is 12.2 Å². The van der Waals surface area contributed by atoms with Gasteiger partial charge in [0.1, 0.15) is 11.9 Å². The number of hydrogen-bond donors (Lipinski definition) is 2. The molecule has 0 spiro atoms. The number of rotatable bonds is 3. The first-order valence-electron chi connectivity index (χ1n) is 6.41. The molecular weight excluding hydrogens is 274 g/mol. The minimum Gasteiger partial charge on any atom is -0.497 e. The Morgan fingerprint density at radius 3 is 2.90 bits per heavy atom. The van der Waals surface area contributed by atoms with Gasteiger partial charge in [-0.15, -0.1) is 5.10 Å². The maximum absolute atomic E-state index is 11.5. The van der Waals surface area contributed by atoms with Gasteiger partial charge in [-0.25, -0.2) is 10.5 Å². The Labute approximate surface area is 120 Å². The van der Waals surface area contributed by atoms with Crippen LogP contribution in [0.5, 0.6) is 5.75 Å². The van der Waals surface area contributed by atoms with Gasteiger partial charge < -0.3 is 9.47 Å². The van der Waals surface area contributed by atoms with E-state index in [0.717, 1.165) is 11.3 Å². The van der Waals surface area contributed by atoms with Crippen LogP contribution in [-0.2, 0) is 17.9 Å². The smallest absolute Gasteiger partial charge is 0.287 e. The van der Waals surface area contributed by atoms with Gasteiger partial charge in [-0.05, 0) is 17.7 Å². The second-order valence-electron chi connectivity index (χ2n) is 4.61. The average Bonchev–Trinajstić information content (AvgIpc) is 2.97. The Kier molecular flexibility index (Phi) is 3.55. The number of fused-ring (bicyclic) bond motifs is 1. The highest BCUT2D eigenvalue weighted by Crippen LogP contribution is 2.27. The number of ether oxygens (including phenoxy) is 2. The summed E-state index contributed by atoms with van der Waals surface area (Å²) < 4.78 is 12.6. The number of nitrogens with one attached hydrogen (secondary N) is 1. The molecule has 1 unspecified atom stereocenters. The zero-order valence-electron chi connectivity index (χ0n) is 11.4. The number of carbonyl (C=O) groups excluding carboxylic acids is 1. The van der Waals surface area contributed by atoms with Crippen molar-refractivity contribution in [3.05, 3.63) is 41.2 Å². The number of hydrogen-bond acceptors (Lipinski definition) is 6. The minimum atomic E-state index is -0.470. The number of hydrazine groups is 1. The number of benzene rings is 1. The molecule has 1 amide bonds. The Morgan fingerprint density at radius 2 is 2.24 bits per heavy atom. The molecule has 2 aromatic rings. The summed E-state index contributed by atoms with van der Waals surface area (Å²) in [5, 5.41) is 7.83. The summed E-state index contributed by atoms with van der Waals surface area (Å²) >= 11 is 0. The number of nitrogens with two attached hydrogens (primary N) is 1. The quantitative estimate of drug-likeness (QED) is 0.474. The van der Waals surface area contributed by atoms with Crippen LogP contribution in [0.1, 0.15) is 27.8 Å². The van der Waals surface area contributed by atoms with E-state index < -0.39 is 5.91 Å². The van der Waals surface area contributed by atoms with Crippen molar-refractivity contribution >= 4 is 5.91 Å². The van der Waals surface area contributed by atoms with Crippen LogP contribution in [0.3, 0.4) is 0 Å². The van der Waals surface area contributed by atoms with Gasteiger partial charge in [0.2, 0.25) is 0 Å². The molecule has 0 fully saturated rings. The molecule has 1 aromatic heterocycles. The standard InChI is InChI=1S/C13H15N5O3/c1-20-9-4-2-8(3-5-9)11-6-18-10(7-21-11)12(16-17-18)13(19)15-14/h2-5,11H,6-7,14H2,1H3,(H,15,19). The third kappa shape index (κ3) is 2.46. The molecule has 3 rings (SSSR count). The lowest BCUT2D eigenvalue weighted by atomic mass is 10.1. The van der Waals surface area contributed by atoms with E-state index in [1.165, 1.54) is 0 Å². The third-order valence-corrected chi connectivity index (χ3v) is 3.43. The lowest BCUT2D eigenvalue weighted by molar-refractivity contribution is -0.00179. The number of aromatic nitrogens is 3. The zero-order chi connectivity index (χ0) is 14.8. The van der Waals surface area contributed by atoms with E-state index in [2.05, 4.69) is 10.3 Å². The molecule has 8 heteroatoms. The monoisotopic (exact) mass is 289 g/mol. The topological polar surface area (TPSA) is 104 Å². The van der Waals surface area contributed by atoms with E-state index in [4.69, 9.17) is 15.3 Å². The van der Waals surface area contributed by atoms with Gasteiger partial charge in [0.15, 0.2) is 5.69 Å². The summed E-state index contributed by atoms with van der Waals surface area (Å²) in [6.45, 7) is 0.749. The Morgan fingerprint density at radius 1 is 1.48 bits per heavy atom. The summed E-state index contributed by atoms with van der Waals surface area (Å²) in [6, 6.07) is 7.64. The van der Waals surface area contributed by atoms with Crippen LogP contribution in [0, 0.1) is 0 Å². The second-order valence-corrected chi connectivity index (χ2v) is 4.61. The summed E-state index contributed by atoms with van der Waals surface area (Å²) in [7, 11) is 1.62. The van der Waals surface area contributed by atoms with E-state index in [1.54, 1.807) is 11.8 Å². The van der Waals surface area contributed by atoms with Gasteiger partial charge >= 0.3 is 0 Å². The molecule has 0 saturated carbocycles. The van der Waals surface area contributed by atoms with E-state index in [1.807, 2.05) is 29.7 Å². The summed E-state index contributed by atoms with van der Waals surface area (Å²) in [5.74, 6) is 5.43. The maximum atomic E-state index is 11.5. The van der Waals surface area contributed by atoms with Gasteiger partial charge in [-0.2, -0.15) is 0 Å². The highest BCUT2D eigenvalue weighted by atomic mass is 16.5. The van der Waals surface area contributed by atoms with E-state index >= 15 is 0 Å². The second kappa shape index (κ2) is 5.51. The number of amides is 1. The molecule has 8 nitrogen and oxygen atoms in total. The van der Waals surface area contributed by atoms with Crippen molar-refractivity contribution in [1.29, 1.82) is 0 Å². The van der Waals surface area contributed by atoms with Gasteiger partial charge in [-0.1, -0.05) is 17.3 Å². The molecule has 3 N–H and O–H groups in total. The highest BCUT2D eigenvalue weighted by Gasteiger charge is 2.27. The molecule has 1 aliphatic heterocycles. The van der Waals surface area contributed by atoms with Crippen molar-refractivity contribution < 1.29 is 14.3 Å². The molecule has 1 atom stereocenters. The molecule has 1 aromatic carbocycles. The lowest BCUT2D eigenvalue weighted by Gasteiger charge is -2.24. The number of methoxy groups -OCH3 is 1. The molecule has 110 valence electrons. The molecule has 1 aliphatic rings. The molecule has 2 heterocycles. The average molecular weight is 289 g/mol. The van der Waals surface area contributed by atoms with Crippen LogP contribution in [0.4, 0.5) is 0 Å². The first kappa shape index (κ1) is 13.5. The van der Waals surface area contributed by atoms with Crippen LogP contribution >= 0.6 is 0 Å². The van der Waals surface area contributed by atoms with Gasteiger partial charge in [0.05, 0.1) is 26.0 Å². The van der Waals surface area contributed by atoms with Crippen molar-refractivity contribution in [1.82, 2.24) is 20.4 Å². The molecule has 0 aliphatic carbocycles. The predicted molar refractivity (Wildman–Crippen MR) is 72.2 cm³/mol. The van der Waals surface area contributed by atoms with Crippen LogP contribution in [0.2, 0.25) is 0 Å². The van der Waals surface area contributed by atoms with E-state index in [-0.39, 0.29) is 18.4 Å². The number of carbonyl (C=O) groups is 1. The zero-order valence-corrected chi connectivity index (χ0v) is 11.4. The number of nitrogens with zero attached hydrogens (tertiary/aromatic N) is 3. The summed E-state index contributed by atoms with van der Waals surface area (Å²) in [6.07, 6.45) is -0.140. The van der Waals surface area contributed by atoms with Crippen molar-refractivity contribution in [3.8, 4) is 5.75 Å². The Hall–Kier alpha value is -2.45. The maximum Gasteiger partial charge on any atom is 0.287 e. The van der Waals surface area contributed by atoms with Crippen LogP contribution in [0.25, 0.3) is 0 Å². The van der Waals surface area contributed by atoms with Crippen molar-refractivity contribution in [2.24, 2.45) is 5.84 Å². The lowest BCUT2D eigenvalue weighted by Crippen LogP contribution is -2.32. The Balaban J connectivity index is 1.81. The van der Waals surface area contributed by atoms with Crippen LogP contribution < -0.4 is 16.0 Å². The fraction of sp³-hybridized carbons (Fsp3) is 0.308. The highest BCUT2D eigenvalue weighted by molar-refractivity contribution is 5.92. The van der Waals surface area contributed by atoms with Gasteiger partial charge in [-0.3, -0.25) is 10.2 Å². The number of nitrogen functional groups attached to an aromatic ring is 1. The molecular formula is C13H15N5O3. The summed E-state index contributed by atoms with van der Waals surface area (Å²) in [5.41, 5.74) is 3.89. The summed E-state index contributed by atoms with van der Waals surface area (Å²) in [4.78, 5) is 11.5. The first-order chi connectivity index (χ1) is 10.2. The minimum absolute atomic E-state index is 0.140. The van der Waals surface area contributed by atoms with Crippen molar-refractivity contribution in [3.63, 3.8) is 0 Å². The molecule has 0 radical (unpaired) electrons. The van der Waals surface area contributed by atoms with E-state index in [9.17, 15) is 4.79 Å². The Bertz CT molecular complexity index is 652. The predicted octanol–water partition coefficient (Wildman–Crippen LogP) is 0.162. The molecule has 0 saturated heterocycles. The molecule has 0 bridgehead atoms. The fourth-order valence-corrected chi connectivity index (χ4v) is 2.28. The van der Waals surface area contributed by atoms with Gasteiger partial charge in [0.25, 0.3) is 5.91 Å². The SMILES string of the molecule is COc1ccc(C2Cn3nnc(C(=O)NN)c3CO2)cc1. The van der Waals surface area contributed by atoms with Gasteiger partial charge in [0, 0.05) is 0 Å². The first-order valence-corrected chi connectivity index (χ1v) is 6.41. The largest absolute Gasteiger partial charge is 0.497 e. The third-order valence-electron chi connectivity index (χ3n) is 3.43. The van der Waals surface area contributed by atoms with Crippen molar-refractivity contribution in [2.75, 3.05) is 7.11 Å². The van der Waals surface area contributed by atoms with Crippen LogP contribution in [-0.4, -0.2) is 28.0 Å².